The lowest BCUT2D eigenvalue weighted by Gasteiger charge is -2.06. The molecule has 0 spiro atoms. The molecule has 0 saturated carbocycles. The fourth-order valence-electron chi connectivity index (χ4n) is 1.60. The van der Waals surface area contributed by atoms with Crippen molar-refractivity contribution in [3.63, 3.8) is 0 Å². The van der Waals surface area contributed by atoms with Crippen molar-refractivity contribution in [1.29, 1.82) is 0 Å². The van der Waals surface area contributed by atoms with Gasteiger partial charge in [0.05, 0.1) is 5.69 Å². The zero-order valence-electron chi connectivity index (χ0n) is 9.64. The van der Waals surface area contributed by atoms with E-state index in [1.165, 1.54) is 0 Å². The Morgan fingerprint density at radius 3 is 2.76 bits per heavy atom. The van der Waals surface area contributed by atoms with Crippen LogP contribution in [0, 0.1) is 0 Å². The van der Waals surface area contributed by atoms with Crippen molar-refractivity contribution in [2.75, 3.05) is 18.1 Å². The van der Waals surface area contributed by atoms with Crippen molar-refractivity contribution in [3.8, 4) is 11.3 Å². The maximum absolute atomic E-state index is 5.66. The summed E-state index contributed by atoms with van der Waals surface area (Å²) in [6, 6.07) is 9.76. The molecular weight excluding hydrogens is 214 g/mol. The molecule has 0 saturated heterocycles. The van der Waals surface area contributed by atoms with Crippen LogP contribution >= 0.6 is 0 Å². The Morgan fingerprint density at radius 1 is 1.24 bits per heavy atom. The van der Waals surface area contributed by atoms with E-state index in [0.29, 0.717) is 12.4 Å². The van der Waals surface area contributed by atoms with Gasteiger partial charge in [-0.15, -0.1) is 0 Å². The summed E-state index contributed by atoms with van der Waals surface area (Å²) in [4.78, 5) is 8.26. The van der Waals surface area contributed by atoms with Crippen molar-refractivity contribution in [3.05, 3.63) is 35.9 Å². The highest BCUT2D eigenvalue weighted by Gasteiger charge is 2.04. The molecule has 17 heavy (non-hydrogen) atoms. The lowest BCUT2D eigenvalue weighted by Crippen LogP contribution is -2.01. The SMILES string of the molecule is CNc1cc(-c2cccc(CN)c2)nc(N)n1. The minimum absolute atomic E-state index is 0.255. The average molecular weight is 229 g/mol. The molecular formula is C12H15N5. The molecule has 0 amide bonds. The third-order valence-electron chi connectivity index (χ3n) is 2.46. The molecule has 2 aromatic rings. The highest BCUT2D eigenvalue weighted by molar-refractivity contribution is 5.64. The summed E-state index contributed by atoms with van der Waals surface area (Å²) in [5.41, 5.74) is 14.1. The normalized spacial score (nSPS) is 10.2. The van der Waals surface area contributed by atoms with E-state index in [0.717, 1.165) is 16.8 Å². The van der Waals surface area contributed by atoms with Crippen LogP contribution in [0.1, 0.15) is 5.56 Å². The van der Waals surface area contributed by atoms with E-state index in [1.54, 1.807) is 7.05 Å². The van der Waals surface area contributed by atoms with Gasteiger partial charge in [-0.3, -0.25) is 0 Å². The molecule has 5 N–H and O–H groups in total. The van der Waals surface area contributed by atoms with Crippen LogP contribution in [-0.2, 0) is 6.54 Å². The first-order chi connectivity index (χ1) is 8.22. The summed E-state index contributed by atoms with van der Waals surface area (Å²) in [6.45, 7) is 0.507. The topological polar surface area (TPSA) is 89.8 Å². The Kier molecular flexibility index (Phi) is 3.20. The largest absolute Gasteiger partial charge is 0.373 e. The summed E-state index contributed by atoms with van der Waals surface area (Å²) in [7, 11) is 1.79. The molecule has 0 unspecified atom stereocenters. The van der Waals surface area contributed by atoms with Crippen LogP contribution in [0.3, 0.4) is 0 Å². The van der Waals surface area contributed by atoms with Gasteiger partial charge >= 0.3 is 0 Å². The number of nitrogens with one attached hydrogen (secondary N) is 1. The van der Waals surface area contributed by atoms with E-state index in [-0.39, 0.29) is 5.95 Å². The molecule has 1 heterocycles. The quantitative estimate of drug-likeness (QED) is 0.736. The smallest absolute Gasteiger partial charge is 0.222 e. The lowest BCUT2D eigenvalue weighted by atomic mass is 10.1. The van der Waals surface area contributed by atoms with Gasteiger partial charge in [-0.2, -0.15) is 4.98 Å². The van der Waals surface area contributed by atoms with Crippen molar-refractivity contribution < 1.29 is 0 Å². The molecule has 0 atom stereocenters. The molecule has 2 rings (SSSR count). The number of hydrogen-bond donors (Lipinski definition) is 3. The summed E-state index contributed by atoms with van der Waals surface area (Å²) in [5.74, 6) is 0.954. The average Bonchev–Trinajstić information content (AvgIpc) is 2.38. The third kappa shape index (κ3) is 2.51. The van der Waals surface area contributed by atoms with Crippen molar-refractivity contribution in [1.82, 2.24) is 9.97 Å². The van der Waals surface area contributed by atoms with Gasteiger partial charge in [0.2, 0.25) is 5.95 Å². The van der Waals surface area contributed by atoms with Gasteiger partial charge in [0, 0.05) is 25.2 Å². The lowest BCUT2D eigenvalue weighted by molar-refractivity contribution is 1.07. The van der Waals surface area contributed by atoms with Crippen LogP contribution in [-0.4, -0.2) is 17.0 Å². The predicted octanol–water partition coefficient (Wildman–Crippen LogP) is 1.23. The molecule has 5 nitrogen and oxygen atoms in total. The molecule has 0 fully saturated rings. The molecule has 0 aliphatic rings. The molecule has 1 aromatic heterocycles. The summed E-state index contributed by atoms with van der Waals surface area (Å²) < 4.78 is 0. The minimum atomic E-state index is 0.255. The zero-order chi connectivity index (χ0) is 12.3. The van der Waals surface area contributed by atoms with Gasteiger partial charge in [-0.1, -0.05) is 18.2 Å². The van der Waals surface area contributed by atoms with E-state index in [1.807, 2.05) is 30.3 Å². The zero-order valence-corrected chi connectivity index (χ0v) is 9.64. The van der Waals surface area contributed by atoms with Crippen LogP contribution in [0.15, 0.2) is 30.3 Å². The standard InChI is InChI=1S/C12H15N5/c1-15-11-6-10(16-12(14)17-11)9-4-2-3-8(5-9)7-13/h2-6H,7,13H2,1H3,(H3,14,15,16,17). The molecule has 1 aromatic carbocycles. The predicted molar refractivity (Wildman–Crippen MR) is 69.3 cm³/mol. The van der Waals surface area contributed by atoms with Gasteiger partial charge in [0.1, 0.15) is 5.82 Å². The Labute approximate surface area is 99.9 Å². The molecule has 0 aliphatic heterocycles. The number of nitrogens with two attached hydrogens (primary N) is 2. The highest BCUT2D eigenvalue weighted by Crippen LogP contribution is 2.21. The molecule has 88 valence electrons. The van der Waals surface area contributed by atoms with E-state index in [2.05, 4.69) is 15.3 Å². The number of anilines is 2. The summed E-state index contributed by atoms with van der Waals surface area (Å²) in [5, 5.41) is 2.95. The second-order valence-corrected chi connectivity index (χ2v) is 3.65. The highest BCUT2D eigenvalue weighted by atomic mass is 15.1. The fraction of sp³-hybridized carbons (Fsp3) is 0.167. The van der Waals surface area contributed by atoms with Crippen molar-refractivity contribution in [2.24, 2.45) is 5.73 Å². The van der Waals surface area contributed by atoms with Gasteiger partial charge in [0.25, 0.3) is 0 Å². The third-order valence-corrected chi connectivity index (χ3v) is 2.46. The van der Waals surface area contributed by atoms with E-state index in [4.69, 9.17) is 11.5 Å². The van der Waals surface area contributed by atoms with Gasteiger partial charge in [0.15, 0.2) is 0 Å². The van der Waals surface area contributed by atoms with E-state index >= 15 is 0 Å². The molecule has 0 aliphatic carbocycles. The number of rotatable bonds is 3. The maximum Gasteiger partial charge on any atom is 0.222 e. The van der Waals surface area contributed by atoms with Crippen LogP contribution in [0.25, 0.3) is 11.3 Å². The van der Waals surface area contributed by atoms with Gasteiger partial charge in [-0.05, 0) is 11.6 Å². The number of benzene rings is 1. The maximum atomic E-state index is 5.66. The van der Waals surface area contributed by atoms with Gasteiger partial charge in [-0.25, -0.2) is 4.98 Å². The van der Waals surface area contributed by atoms with Gasteiger partial charge < -0.3 is 16.8 Å². The van der Waals surface area contributed by atoms with E-state index < -0.39 is 0 Å². The van der Waals surface area contributed by atoms with Crippen LogP contribution < -0.4 is 16.8 Å². The van der Waals surface area contributed by atoms with Crippen LogP contribution in [0.2, 0.25) is 0 Å². The molecule has 0 radical (unpaired) electrons. The first-order valence-corrected chi connectivity index (χ1v) is 5.34. The van der Waals surface area contributed by atoms with E-state index in [9.17, 15) is 0 Å². The fourth-order valence-corrected chi connectivity index (χ4v) is 1.60. The Bertz CT molecular complexity index is 524. The first kappa shape index (κ1) is 11.3. The monoisotopic (exact) mass is 229 g/mol. The summed E-state index contributed by atoms with van der Waals surface area (Å²) >= 11 is 0. The van der Waals surface area contributed by atoms with Crippen molar-refractivity contribution in [2.45, 2.75) is 6.54 Å². The number of nitrogen functional groups attached to an aromatic ring is 1. The van der Waals surface area contributed by atoms with Crippen molar-refractivity contribution >= 4 is 11.8 Å². The molecule has 0 bridgehead atoms. The molecule has 5 heteroatoms. The second kappa shape index (κ2) is 4.80. The second-order valence-electron chi connectivity index (χ2n) is 3.65. The first-order valence-electron chi connectivity index (χ1n) is 5.34. The Balaban J connectivity index is 2.47. The number of hydrogen-bond acceptors (Lipinski definition) is 5. The number of aromatic nitrogens is 2. The number of nitrogens with zero attached hydrogens (tertiary/aromatic N) is 2. The van der Waals surface area contributed by atoms with Crippen LogP contribution in [0.4, 0.5) is 11.8 Å². The summed E-state index contributed by atoms with van der Waals surface area (Å²) in [6.07, 6.45) is 0. The minimum Gasteiger partial charge on any atom is -0.373 e. The Hall–Kier alpha value is -2.14. The van der Waals surface area contributed by atoms with Crippen LogP contribution in [0.5, 0.6) is 0 Å². The Morgan fingerprint density at radius 2 is 2.06 bits per heavy atom.